The summed E-state index contributed by atoms with van der Waals surface area (Å²) in [5.74, 6) is 2.77. The quantitative estimate of drug-likeness (QED) is 0.601. The van der Waals surface area contributed by atoms with Crippen molar-refractivity contribution in [1.29, 1.82) is 0 Å². The Bertz CT molecular complexity index is 868. The van der Waals surface area contributed by atoms with Crippen LogP contribution in [0.15, 0.2) is 46.9 Å². The van der Waals surface area contributed by atoms with Crippen molar-refractivity contribution in [3.05, 3.63) is 63.6 Å². The Hall–Kier alpha value is -1.61. The van der Waals surface area contributed by atoms with Gasteiger partial charge in [0.1, 0.15) is 0 Å². The second kappa shape index (κ2) is 6.48. The molecule has 6 rings (SSSR count). The molecule has 4 saturated carbocycles. The number of rotatable bonds is 3. The fourth-order valence-electron chi connectivity index (χ4n) is 6.39. The van der Waals surface area contributed by atoms with Crippen LogP contribution in [-0.4, -0.2) is 5.91 Å². The van der Waals surface area contributed by atoms with Crippen LogP contribution in [0.25, 0.3) is 0 Å². The minimum Gasteiger partial charge on any atom is -0.321 e. The summed E-state index contributed by atoms with van der Waals surface area (Å²) in [7, 11) is 0. The zero-order chi connectivity index (χ0) is 18.6. The molecule has 140 valence electrons. The van der Waals surface area contributed by atoms with Gasteiger partial charge >= 0.3 is 0 Å². The highest BCUT2D eigenvalue weighted by Gasteiger charge is 2.51. The van der Waals surface area contributed by atoms with E-state index in [2.05, 4.69) is 39.4 Å². The fourth-order valence-corrected chi connectivity index (χ4v) is 6.87. The van der Waals surface area contributed by atoms with Crippen LogP contribution in [-0.2, 0) is 5.41 Å². The molecule has 4 fully saturated rings. The first-order valence-corrected chi connectivity index (χ1v) is 11.0. The van der Waals surface area contributed by atoms with Gasteiger partial charge in [-0.05, 0) is 114 Å². The molecule has 0 atom stereocenters. The molecule has 4 aliphatic rings. The number of benzene rings is 2. The number of nitrogens with one attached hydrogen (secondary N) is 1. The molecule has 2 aromatic rings. The van der Waals surface area contributed by atoms with Crippen molar-refractivity contribution < 1.29 is 4.79 Å². The highest BCUT2D eigenvalue weighted by molar-refractivity contribution is 9.10. The summed E-state index contributed by atoms with van der Waals surface area (Å²) < 4.78 is 0.997. The second-order valence-electron chi connectivity index (χ2n) is 9.22. The lowest BCUT2D eigenvalue weighted by Gasteiger charge is -2.57. The fraction of sp³-hybridized carbons (Fsp3) is 0.458. The zero-order valence-electron chi connectivity index (χ0n) is 15.8. The molecular weight excluding hydrogens is 398 g/mol. The van der Waals surface area contributed by atoms with Crippen molar-refractivity contribution in [3.63, 3.8) is 0 Å². The number of carbonyl (C=O) groups is 1. The normalized spacial score (nSPS) is 31.1. The summed E-state index contributed by atoms with van der Waals surface area (Å²) in [6.07, 6.45) is 8.47. The number of hydrogen-bond donors (Lipinski definition) is 1. The van der Waals surface area contributed by atoms with E-state index >= 15 is 0 Å². The van der Waals surface area contributed by atoms with Crippen LogP contribution in [0.3, 0.4) is 0 Å². The summed E-state index contributed by atoms with van der Waals surface area (Å²) in [5.41, 5.74) is 4.51. The molecule has 3 heteroatoms. The average Bonchev–Trinajstić information content (AvgIpc) is 2.62. The SMILES string of the molecule is Cc1cccc(C(=O)Nc2ccc(C34CC5CC(CC(C5)C3)C4)cc2Br)c1. The van der Waals surface area contributed by atoms with E-state index in [1.807, 2.05) is 31.2 Å². The number of anilines is 1. The molecule has 2 nitrogen and oxygen atoms in total. The number of halogens is 1. The maximum atomic E-state index is 12.6. The number of amides is 1. The summed E-state index contributed by atoms with van der Waals surface area (Å²) in [6.45, 7) is 2.01. The molecule has 0 heterocycles. The van der Waals surface area contributed by atoms with E-state index in [1.165, 1.54) is 44.1 Å². The van der Waals surface area contributed by atoms with Crippen LogP contribution in [0, 0.1) is 24.7 Å². The molecule has 1 N–H and O–H groups in total. The van der Waals surface area contributed by atoms with E-state index in [9.17, 15) is 4.79 Å². The van der Waals surface area contributed by atoms with E-state index in [0.29, 0.717) is 11.0 Å². The second-order valence-corrected chi connectivity index (χ2v) is 10.1. The van der Waals surface area contributed by atoms with Gasteiger partial charge in [0.15, 0.2) is 0 Å². The Balaban J connectivity index is 1.39. The highest BCUT2D eigenvalue weighted by atomic mass is 79.9. The molecule has 2 aromatic carbocycles. The van der Waals surface area contributed by atoms with Crippen LogP contribution >= 0.6 is 15.9 Å². The van der Waals surface area contributed by atoms with Crippen molar-refractivity contribution in [3.8, 4) is 0 Å². The van der Waals surface area contributed by atoms with Crippen molar-refractivity contribution in [2.75, 3.05) is 5.32 Å². The standard InChI is InChI=1S/C24H26BrNO/c1-15-3-2-4-19(7-15)23(27)26-22-6-5-20(11-21(22)25)24-12-16-8-17(13-24)10-18(9-16)14-24/h2-7,11,16-18H,8-10,12-14H2,1H3,(H,26,27). The van der Waals surface area contributed by atoms with Crippen LogP contribution in [0.2, 0.25) is 0 Å². The average molecular weight is 424 g/mol. The van der Waals surface area contributed by atoms with Crippen LogP contribution in [0.1, 0.15) is 60.0 Å². The summed E-state index contributed by atoms with van der Waals surface area (Å²) in [5, 5.41) is 3.07. The molecular formula is C24H26BrNO. The molecule has 0 spiro atoms. The summed E-state index contributed by atoms with van der Waals surface area (Å²) in [6, 6.07) is 14.4. The Labute approximate surface area is 169 Å². The third-order valence-electron chi connectivity index (χ3n) is 7.15. The molecule has 4 aliphatic carbocycles. The summed E-state index contributed by atoms with van der Waals surface area (Å²) in [4.78, 5) is 12.6. The molecule has 4 bridgehead atoms. The van der Waals surface area contributed by atoms with E-state index in [1.54, 1.807) is 0 Å². The molecule has 0 radical (unpaired) electrons. The lowest BCUT2D eigenvalue weighted by molar-refractivity contribution is -0.00520. The Morgan fingerprint density at radius 3 is 2.26 bits per heavy atom. The summed E-state index contributed by atoms with van der Waals surface area (Å²) >= 11 is 3.73. The molecule has 0 saturated heterocycles. The molecule has 0 aliphatic heterocycles. The van der Waals surface area contributed by atoms with Crippen molar-refractivity contribution in [2.24, 2.45) is 17.8 Å². The van der Waals surface area contributed by atoms with E-state index in [0.717, 1.165) is 33.5 Å². The first-order chi connectivity index (χ1) is 13.0. The van der Waals surface area contributed by atoms with Gasteiger partial charge < -0.3 is 5.32 Å². The van der Waals surface area contributed by atoms with Crippen LogP contribution < -0.4 is 5.32 Å². The monoisotopic (exact) mass is 423 g/mol. The zero-order valence-corrected chi connectivity index (χ0v) is 17.4. The van der Waals surface area contributed by atoms with Gasteiger partial charge in [-0.2, -0.15) is 0 Å². The van der Waals surface area contributed by atoms with E-state index in [4.69, 9.17) is 0 Å². The Kier molecular flexibility index (Phi) is 4.19. The minimum absolute atomic E-state index is 0.0537. The van der Waals surface area contributed by atoms with Gasteiger partial charge in [-0.3, -0.25) is 4.79 Å². The van der Waals surface area contributed by atoms with Crippen LogP contribution in [0.5, 0.6) is 0 Å². The lowest BCUT2D eigenvalue weighted by atomic mass is 9.48. The van der Waals surface area contributed by atoms with Crippen LogP contribution in [0.4, 0.5) is 5.69 Å². The van der Waals surface area contributed by atoms with Crippen molar-refractivity contribution in [2.45, 2.75) is 50.9 Å². The predicted octanol–water partition coefficient (Wildman–Crippen LogP) is 6.48. The topological polar surface area (TPSA) is 29.1 Å². The molecule has 0 aromatic heterocycles. The predicted molar refractivity (Wildman–Crippen MR) is 113 cm³/mol. The number of hydrogen-bond acceptors (Lipinski definition) is 1. The van der Waals surface area contributed by atoms with Gasteiger partial charge in [0.05, 0.1) is 5.69 Å². The minimum atomic E-state index is -0.0537. The third-order valence-corrected chi connectivity index (χ3v) is 7.80. The van der Waals surface area contributed by atoms with Crippen molar-refractivity contribution >= 4 is 27.5 Å². The smallest absolute Gasteiger partial charge is 0.255 e. The van der Waals surface area contributed by atoms with Gasteiger partial charge in [0, 0.05) is 10.0 Å². The maximum Gasteiger partial charge on any atom is 0.255 e. The van der Waals surface area contributed by atoms with Gasteiger partial charge in [0.2, 0.25) is 0 Å². The molecule has 27 heavy (non-hydrogen) atoms. The van der Waals surface area contributed by atoms with E-state index < -0.39 is 0 Å². The maximum absolute atomic E-state index is 12.6. The largest absolute Gasteiger partial charge is 0.321 e. The molecule has 1 amide bonds. The van der Waals surface area contributed by atoms with Gasteiger partial charge in [-0.15, -0.1) is 0 Å². The molecule has 0 unspecified atom stereocenters. The van der Waals surface area contributed by atoms with Crippen molar-refractivity contribution in [1.82, 2.24) is 0 Å². The number of aryl methyl sites for hydroxylation is 1. The third kappa shape index (κ3) is 3.14. The number of carbonyl (C=O) groups excluding carboxylic acids is 1. The highest BCUT2D eigenvalue weighted by Crippen LogP contribution is 2.60. The first-order valence-electron chi connectivity index (χ1n) is 10.2. The lowest BCUT2D eigenvalue weighted by Crippen LogP contribution is -2.48. The Morgan fingerprint density at radius 2 is 1.67 bits per heavy atom. The van der Waals surface area contributed by atoms with Gasteiger partial charge in [0.25, 0.3) is 5.91 Å². The van der Waals surface area contributed by atoms with Gasteiger partial charge in [-0.25, -0.2) is 0 Å². The first kappa shape index (κ1) is 17.5. The van der Waals surface area contributed by atoms with E-state index in [-0.39, 0.29) is 5.91 Å². The Morgan fingerprint density at radius 1 is 1.00 bits per heavy atom. The van der Waals surface area contributed by atoms with Gasteiger partial charge in [-0.1, -0.05) is 23.8 Å².